The summed E-state index contributed by atoms with van der Waals surface area (Å²) in [4.78, 5) is 19.2. The predicted octanol–water partition coefficient (Wildman–Crippen LogP) is 4.22. The third-order valence-corrected chi connectivity index (χ3v) is 4.09. The van der Waals surface area contributed by atoms with E-state index in [1.807, 2.05) is 43.3 Å². The van der Waals surface area contributed by atoms with Crippen molar-refractivity contribution in [3.63, 3.8) is 0 Å². The second-order valence-electron chi connectivity index (χ2n) is 6.23. The van der Waals surface area contributed by atoms with Gasteiger partial charge in [0, 0.05) is 24.4 Å². The van der Waals surface area contributed by atoms with Gasteiger partial charge in [0.25, 0.3) is 0 Å². The van der Waals surface area contributed by atoms with E-state index >= 15 is 0 Å². The monoisotopic (exact) mass is 363 g/mol. The first kappa shape index (κ1) is 18.4. The molecular weight excluding hydrogens is 342 g/mol. The molecule has 6 heteroatoms. The highest BCUT2D eigenvalue weighted by molar-refractivity contribution is 5.71. The van der Waals surface area contributed by atoms with E-state index in [0.29, 0.717) is 18.2 Å². The first-order valence-corrected chi connectivity index (χ1v) is 8.60. The van der Waals surface area contributed by atoms with Crippen molar-refractivity contribution in [1.82, 2.24) is 9.97 Å². The lowest BCUT2D eigenvalue weighted by molar-refractivity contribution is -0.136. The summed E-state index contributed by atoms with van der Waals surface area (Å²) in [5.74, 6) is 0.181. The van der Waals surface area contributed by atoms with Gasteiger partial charge in [-0.05, 0) is 47.7 Å². The zero-order valence-electron chi connectivity index (χ0n) is 15.3. The molecule has 1 aromatic heterocycles. The van der Waals surface area contributed by atoms with Gasteiger partial charge < -0.3 is 15.2 Å². The third kappa shape index (κ3) is 5.04. The maximum absolute atomic E-state index is 10.7. The zero-order valence-corrected chi connectivity index (χ0v) is 15.3. The van der Waals surface area contributed by atoms with E-state index in [9.17, 15) is 4.79 Å². The highest BCUT2D eigenvalue weighted by Gasteiger charge is 2.06. The molecule has 0 atom stereocenters. The van der Waals surface area contributed by atoms with Crippen molar-refractivity contribution in [2.45, 2.75) is 19.8 Å². The molecule has 0 saturated carbocycles. The zero-order chi connectivity index (χ0) is 19.2. The van der Waals surface area contributed by atoms with Gasteiger partial charge in [0.05, 0.1) is 7.11 Å². The molecule has 0 aliphatic heterocycles. The highest BCUT2D eigenvalue weighted by atomic mass is 16.5. The highest BCUT2D eigenvalue weighted by Crippen LogP contribution is 2.26. The fourth-order valence-corrected chi connectivity index (χ4v) is 2.78. The first-order valence-electron chi connectivity index (χ1n) is 8.60. The van der Waals surface area contributed by atoms with E-state index in [2.05, 4.69) is 21.4 Å². The van der Waals surface area contributed by atoms with Crippen LogP contribution >= 0.6 is 0 Å². The van der Waals surface area contributed by atoms with E-state index < -0.39 is 5.97 Å². The molecule has 0 aliphatic carbocycles. The molecular formula is C21H21N3O3. The predicted molar refractivity (Wildman–Crippen MR) is 104 cm³/mol. The minimum absolute atomic E-state index is 0.137. The molecule has 0 radical (unpaired) electrons. The van der Waals surface area contributed by atoms with Crippen LogP contribution < -0.4 is 10.1 Å². The Hall–Kier alpha value is -3.41. The maximum atomic E-state index is 10.7. The summed E-state index contributed by atoms with van der Waals surface area (Å²) in [5.41, 5.74) is 5.12. The number of anilines is 2. The fourth-order valence-electron chi connectivity index (χ4n) is 2.78. The van der Waals surface area contributed by atoms with Crippen LogP contribution in [0.5, 0.6) is 5.88 Å². The number of benzene rings is 2. The first-order chi connectivity index (χ1) is 13.0. The Kier molecular flexibility index (Phi) is 5.66. The van der Waals surface area contributed by atoms with Crippen molar-refractivity contribution < 1.29 is 14.6 Å². The molecule has 0 spiro atoms. The molecule has 3 aromatic rings. The van der Waals surface area contributed by atoms with Gasteiger partial charge in [-0.3, -0.25) is 4.79 Å². The summed E-state index contributed by atoms with van der Waals surface area (Å²) < 4.78 is 5.13. The van der Waals surface area contributed by atoms with Crippen molar-refractivity contribution in [2.75, 3.05) is 12.4 Å². The van der Waals surface area contributed by atoms with Crippen LogP contribution in [0.3, 0.4) is 0 Å². The lowest BCUT2D eigenvalue weighted by Gasteiger charge is -2.10. The summed E-state index contributed by atoms with van der Waals surface area (Å²) in [6.45, 7) is 2.03. The summed E-state index contributed by atoms with van der Waals surface area (Å²) in [7, 11) is 1.57. The number of carboxylic acid groups (broad SMARTS) is 1. The van der Waals surface area contributed by atoms with Gasteiger partial charge >= 0.3 is 5.97 Å². The van der Waals surface area contributed by atoms with Gasteiger partial charge in [0.2, 0.25) is 11.8 Å². The fraction of sp³-hybridized carbons (Fsp3) is 0.190. The topological polar surface area (TPSA) is 84.3 Å². The molecule has 0 bridgehead atoms. The van der Waals surface area contributed by atoms with Gasteiger partial charge in [-0.15, -0.1) is 0 Å². The summed E-state index contributed by atoms with van der Waals surface area (Å²) >= 11 is 0. The lowest BCUT2D eigenvalue weighted by Crippen LogP contribution is -1.99. The standard InChI is InChI=1S/C21H21N3O3/c1-14-11-17(16-6-3-15(4-7-16)5-8-20(25)26)13-18(12-14)23-21-22-10-9-19(24-21)27-2/h3-4,6-7,9-13H,5,8H2,1-2H3,(H,25,26)(H,22,23,24). The number of carboxylic acids is 1. The molecule has 0 unspecified atom stereocenters. The van der Waals surface area contributed by atoms with Gasteiger partial charge in [0.15, 0.2) is 0 Å². The Labute approximate surface area is 157 Å². The van der Waals surface area contributed by atoms with E-state index in [4.69, 9.17) is 9.84 Å². The van der Waals surface area contributed by atoms with E-state index in [0.717, 1.165) is 27.9 Å². The molecule has 0 fully saturated rings. The largest absolute Gasteiger partial charge is 0.481 e. The third-order valence-electron chi connectivity index (χ3n) is 4.09. The van der Waals surface area contributed by atoms with Crippen LogP contribution in [0.15, 0.2) is 54.7 Å². The Morgan fingerprint density at radius 3 is 2.59 bits per heavy atom. The molecule has 0 saturated heterocycles. The molecule has 0 aliphatic rings. The summed E-state index contributed by atoms with van der Waals surface area (Å²) in [6.07, 6.45) is 2.31. The number of nitrogens with zero attached hydrogens (tertiary/aromatic N) is 2. The number of aromatic nitrogens is 2. The number of aliphatic carboxylic acids is 1. The second kappa shape index (κ2) is 8.31. The lowest BCUT2D eigenvalue weighted by atomic mass is 10.00. The van der Waals surface area contributed by atoms with Crippen LogP contribution in [-0.4, -0.2) is 28.2 Å². The van der Waals surface area contributed by atoms with Crippen LogP contribution in [-0.2, 0) is 11.2 Å². The van der Waals surface area contributed by atoms with Crippen LogP contribution in [0.25, 0.3) is 11.1 Å². The molecule has 0 amide bonds. The van der Waals surface area contributed by atoms with Crippen molar-refractivity contribution in [3.05, 3.63) is 65.9 Å². The smallest absolute Gasteiger partial charge is 0.303 e. The van der Waals surface area contributed by atoms with Crippen molar-refractivity contribution in [1.29, 1.82) is 0 Å². The van der Waals surface area contributed by atoms with Gasteiger partial charge in [-0.1, -0.05) is 30.3 Å². The minimum Gasteiger partial charge on any atom is -0.481 e. The van der Waals surface area contributed by atoms with E-state index in [-0.39, 0.29) is 6.42 Å². The van der Waals surface area contributed by atoms with Crippen molar-refractivity contribution >= 4 is 17.6 Å². The van der Waals surface area contributed by atoms with E-state index in [1.165, 1.54) is 0 Å². The van der Waals surface area contributed by atoms with Crippen LogP contribution in [0.4, 0.5) is 11.6 Å². The van der Waals surface area contributed by atoms with E-state index in [1.54, 1.807) is 19.4 Å². The van der Waals surface area contributed by atoms with Crippen molar-refractivity contribution in [2.24, 2.45) is 0 Å². The summed E-state index contributed by atoms with van der Waals surface area (Å²) in [5, 5.41) is 12.0. The quantitative estimate of drug-likeness (QED) is 0.654. The van der Waals surface area contributed by atoms with Gasteiger partial charge in [0.1, 0.15) is 0 Å². The SMILES string of the molecule is COc1ccnc(Nc2cc(C)cc(-c3ccc(CCC(=O)O)cc3)c2)n1. The molecule has 27 heavy (non-hydrogen) atoms. The van der Waals surface area contributed by atoms with Crippen LogP contribution in [0.2, 0.25) is 0 Å². The van der Waals surface area contributed by atoms with Crippen LogP contribution in [0.1, 0.15) is 17.5 Å². The number of hydrogen-bond acceptors (Lipinski definition) is 5. The average molecular weight is 363 g/mol. The number of hydrogen-bond donors (Lipinski definition) is 2. The number of rotatable bonds is 7. The molecule has 2 N–H and O–H groups in total. The number of carbonyl (C=O) groups is 1. The normalized spacial score (nSPS) is 10.4. The number of methoxy groups -OCH3 is 1. The maximum Gasteiger partial charge on any atom is 0.303 e. The van der Waals surface area contributed by atoms with Gasteiger partial charge in [-0.25, -0.2) is 4.98 Å². The Morgan fingerprint density at radius 1 is 1.11 bits per heavy atom. The minimum atomic E-state index is -0.784. The Balaban J connectivity index is 1.81. The number of aryl methyl sites for hydroxylation is 2. The number of nitrogens with one attached hydrogen (secondary N) is 1. The average Bonchev–Trinajstić information content (AvgIpc) is 2.66. The molecule has 3 rings (SSSR count). The number of ether oxygens (including phenoxy) is 1. The molecule has 2 aromatic carbocycles. The Morgan fingerprint density at radius 2 is 1.89 bits per heavy atom. The molecule has 138 valence electrons. The van der Waals surface area contributed by atoms with Crippen molar-refractivity contribution in [3.8, 4) is 17.0 Å². The van der Waals surface area contributed by atoms with Crippen LogP contribution in [0, 0.1) is 6.92 Å². The van der Waals surface area contributed by atoms with Gasteiger partial charge in [-0.2, -0.15) is 4.98 Å². The summed E-state index contributed by atoms with van der Waals surface area (Å²) in [6, 6.07) is 15.8. The second-order valence-corrected chi connectivity index (χ2v) is 6.23. The Bertz CT molecular complexity index is 940. The molecule has 1 heterocycles. The molecule has 6 nitrogen and oxygen atoms in total.